The third-order valence-electron chi connectivity index (χ3n) is 2.24. The lowest BCUT2D eigenvalue weighted by atomic mass is 9.95. The molecule has 13 heavy (non-hydrogen) atoms. The Kier molecular flexibility index (Phi) is 1.81. The lowest BCUT2D eigenvalue weighted by Crippen LogP contribution is -2.35. The summed E-state index contributed by atoms with van der Waals surface area (Å²) >= 11 is 0. The maximum Gasteiger partial charge on any atom is 0.207 e. The summed E-state index contributed by atoms with van der Waals surface area (Å²) in [4.78, 5) is 11.6. The van der Waals surface area contributed by atoms with Crippen LogP contribution in [0.25, 0.3) is 0 Å². The fraction of sp³-hybridized carbons (Fsp3) is 0.300. The van der Waals surface area contributed by atoms with Gasteiger partial charge in [0.05, 0.1) is 11.5 Å². The van der Waals surface area contributed by atoms with E-state index in [-0.39, 0.29) is 5.78 Å². The second kappa shape index (κ2) is 2.85. The van der Waals surface area contributed by atoms with Crippen molar-refractivity contribution in [2.24, 2.45) is 5.92 Å². The average Bonchev–Trinajstić information content (AvgIpc) is 2.15. The molecule has 0 aromatic heterocycles. The van der Waals surface area contributed by atoms with E-state index in [1.165, 1.54) is 0 Å². The average molecular weight is 178 g/mol. The molecule has 0 spiro atoms. The Labute approximate surface area is 76.0 Å². The van der Waals surface area contributed by atoms with Crippen LogP contribution in [0.1, 0.15) is 17.3 Å². The van der Waals surface area contributed by atoms with Crippen molar-refractivity contribution in [3.05, 3.63) is 29.8 Å². The summed E-state index contributed by atoms with van der Waals surface area (Å²) in [5, 5.41) is 9.35. The lowest BCUT2D eigenvalue weighted by Gasteiger charge is -2.26. The number of hydrogen-bond donors (Lipinski definition) is 1. The molecule has 0 saturated carbocycles. The number of hydrogen-bond acceptors (Lipinski definition) is 3. The van der Waals surface area contributed by atoms with Gasteiger partial charge in [-0.15, -0.1) is 0 Å². The Morgan fingerprint density at radius 3 is 2.85 bits per heavy atom. The molecule has 1 heterocycles. The second-order valence-electron chi connectivity index (χ2n) is 3.16. The number of rotatable bonds is 0. The molecule has 3 nitrogen and oxygen atoms in total. The zero-order valence-electron chi connectivity index (χ0n) is 7.23. The minimum absolute atomic E-state index is 0.0608. The zero-order valence-corrected chi connectivity index (χ0v) is 7.23. The van der Waals surface area contributed by atoms with Crippen molar-refractivity contribution in [3.8, 4) is 5.75 Å². The van der Waals surface area contributed by atoms with Gasteiger partial charge in [-0.2, -0.15) is 0 Å². The number of benzene rings is 1. The van der Waals surface area contributed by atoms with E-state index >= 15 is 0 Å². The summed E-state index contributed by atoms with van der Waals surface area (Å²) < 4.78 is 5.15. The highest BCUT2D eigenvalue weighted by Gasteiger charge is 2.31. The highest BCUT2D eigenvalue weighted by molar-refractivity contribution is 6.01. The molecule has 0 bridgehead atoms. The number of aliphatic hydroxyl groups excluding tert-OH is 1. The van der Waals surface area contributed by atoms with Crippen molar-refractivity contribution in [1.82, 2.24) is 0 Å². The van der Waals surface area contributed by atoms with Crippen LogP contribution in [0.5, 0.6) is 5.75 Å². The molecular weight excluding hydrogens is 168 g/mol. The SMILES string of the molecule is C[C@@H]1C(=O)c2ccccc2O[C@H]1O. The van der Waals surface area contributed by atoms with Crippen molar-refractivity contribution in [2.75, 3.05) is 0 Å². The molecule has 0 radical (unpaired) electrons. The molecule has 0 saturated heterocycles. The molecule has 3 heteroatoms. The Hall–Kier alpha value is -1.35. The monoisotopic (exact) mass is 178 g/mol. The molecule has 0 unspecified atom stereocenters. The number of ether oxygens (including phenoxy) is 1. The Morgan fingerprint density at radius 1 is 1.38 bits per heavy atom. The standard InChI is InChI=1S/C10H10O3/c1-6-9(11)7-4-2-3-5-8(7)13-10(6)12/h2-6,10,12H,1H3/t6-,10-/m1/s1. The van der Waals surface area contributed by atoms with E-state index in [1.54, 1.807) is 31.2 Å². The van der Waals surface area contributed by atoms with Gasteiger partial charge < -0.3 is 9.84 Å². The molecule has 1 aliphatic rings. The van der Waals surface area contributed by atoms with Crippen molar-refractivity contribution in [3.63, 3.8) is 0 Å². The summed E-state index contributed by atoms with van der Waals surface area (Å²) in [5.41, 5.74) is 0.556. The first-order valence-electron chi connectivity index (χ1n) is 4.18. The minimum Gasteiger partial charge on any atom is -0.464 e. The van der Waals surface area contributed by atoms with Crippen LogP contribution in [0.2, 0.25) is 0 Å². The van der Waals surface area contributed by atoms with Crippen molar-refractivity contribution < 1.29 is 14.6 Å². The molecule has 2 rings (SSSR count). The van der Waals surface area contributed by atoms with Gasteiger partial charge in [-0.1, -0.05) is 12.1 Å². The third-order valence-corrected chi connectivity index (χ3v) is 2.24. The number of Topliss-reactive ketones (excluding diaryl/α,β-unsaturated/α-hetero) is 1. The molecular formula is C10H10O3. The summed E-state index contributed by atoms with van der Waals surface area (Å²) in [6, 6.07) is 6.95. The van der Waals surface area contributed by atoms with Gasteiger partial charge in [-0.05, 0) is 19.1 Å². The molecule has 0 fully saturated rings. The van der Waals surface area contributed by atoms with Crippen LogP contribution in [0.15, 0.2) is 24.3 Å². The maximum absolute atomic E-state index is 11.6. The predicted molar refractivity (Wildman–Crippen MR) is 46.6 cm³/mol. The number of ketones is 1. The van der Waals surface area contributed by atoms with Gasteiger partial charge in [0.1, 0.15) is 5.75 Å². The Morgan fingerprint density at radius 2 is 2.08 bits per heavy atom. The summed E-state index contributed by atoms with van der Waals surface area (Å²) in [5.74, 6) is -0.0673. The quantitative estimate of drug-likeness (QED) is 0.649. The first-order chi connectivity index (χ1) is 6.20. The first-order valence-corrected chi connectivity index (χ1v) is 4.18. The van der Waals surface area contributed by atoms with Crippen molar-refractivity contribution in [2.45, 2.75) is 13.2 Å². The molecule has 2 atom stereocenters. The minimum atomic E-state index is -1.01. The molecule has 68 valence electrons. The van der Waals surface area contributed by atoms with Crippen LogP contribution in [0.3, 0.4) is 0 Å². The molecule has 1 N–H and O–H groups in total. The number of para-hydroxylation sites is 1. The maximum atomic E-state index is 11.6. The number of aliphatic hydroxyl groups is 1. The highest BCUT2D eigenvalue weighted by Crippen LogP contribution is 2.29. The van der Waals surface area contributed by atoms with Gasteiger partial charge in [-0.25, -0.2) is 0 Å². The zero-order chi connectivity index (χ0) is 9.42. The van der Waals surface area contributed by atoms with Gasteiger partial charge >= 0.3 is 0 Å². The van der Waals surface area contributed by atoms with Crippen molar-refractivity contribution in [1.29, 1.82) is 0 Å². The highest BCUT2D eigenvalue weighted by atomic mass is 16.6. The summed E-state index contributed by atoms with van der Waals surface area (Å²) in [6.45, 7) is 1.66. The molecule has 1 aromatic carbocycles. The van der Waals surface area contributed by atoms with Gasteiger partial charge in [0.2, 0.25) is 6.29 Å². The van der Waals surface area contributed by atoms with Crippen LogP contribution in [-0.4, -0.2) is 17.2 Å². The van der Waals surface area contributed by atoms with Crippen LogP contribution < -0.4 is 4.74 Å². The number of carbonyl (C=O) groups excluding carboxylic acids is 1. The molecule has 0 amide bonds. The van der Waals surface area contributed by atoms with E-state index in [9.17, 15) is 9.90 Å². The van der Waals surface area contributed by atoms with E-state index in [0.29, 0.717) is 11.3 Å². The molecule has 1 aliphatic heterocycles. The van der Waals surface area contributed by atoms with E-state index in [2.05, 4.69) is 0 Å². The van der Waals surface area contributed by atoms with E-state index < -0.39 is 12.2 Å². The van der Waals surface area contributed by atoms with Crippen LogP contribution >= 0.6 is 0 Å². The Bertz CT molecular complexity index is 346. The largest absolute Gasteiger partial charge is 0.464 e. The topological polar surface area (TPSA) is 46.5 Å². The van der Waals surface area contributed by atoms with Gasteiger partial charge in [0.15, 0.2) is 5.78 Å². The second-order valence-corrected chi connectivity index (χ2v) is 3.16. The van der Waals surface area contributed by atoms with E-state index in [0.717, 1.165) is 0 Å². The Balaban J connectivity index is 2.49. The smallest absolute Gasteiger partial charge is 0.207 e. The van der Waals surface area contributed by atoms with Crippen LogP contribution in [-0.2, 0) is 0 Å². The fourth-order valence-electron chi connectivity index (χ4n) is 1.38. The van der Waals surface area contributed by atoms with E-state index in [4.69, 9.17) is 4.74 Å². The van der Waals surface area contributed by atoms with Gasteiger partial charge in [0, 0.05) is 0 Å². The first kappa shape index (κ1) is 8.26. The third kappa shape index (κ3) is 1.21. The summed E-state index contributed by atoms with van der Waals surface area (Å²) in [6.07, 6.45) is -1.01. The number of carbonyl (C=O) groups is 1. The van der Waals surface area contributed by atoms with Crippen LogP contribution in [0.4, 0.5) is 0 Å². The molecule has 0 aliphatic carbocycles. The normalized spacial score (nSPS) is 26.5. The molecule has 1 aromatic rings. The van der Waals surface area contributed by atoms with Crippen LogP contribution in [0, 0.1) is 5.92 Å². The summed E-state index contributed by atoms with van der Waals surface area (Å²) in [7, 11) is 0. The van der Waals surface area contributed by atoms with Gasteiger partial charge in [0.25, 0.3) is 0 Å². The lowest BCUT2D eigenvalue weighted by molar-refractivity contribution is -0.0544. The fourth-order valence-corrected chi connectivity index (χ4v) is 1.38. The predicted octanol–water partition coefficient (Wildman–Crippen LogP) is 1.22. The van der Waals surface area contributed by atoms with Gasteiger partial charge in [-0.3, -0.25) is 4.79 Å². The van der Waals surface area contributed by atoms with Crippen molar-refractivity contribution >= 4 is 5.78 Å². The number of fused-ring (bicyclic) bond motifs is 1. The van der Waals surface area contributed by atoms with E-state index in [1.807, 2.05) is 0 Å².